The zero-order valence-corrected chi connectivity index (χ0v) is 9.15. The standard InChI is InChI=1S/C12H18N2O/c1-9-4-2-3-5-11(9)15-12-7-6-10(13)8-14-12/h6-9,11H,2-5,13H2,1H3. The lowest BCUT2D eigenvalue weighted by atomic mass is 9.88. The summed E-state index contributed by atoms with van der Waals surface area (Å²) in [4.78, 5) is 4.16. The van der Waals surface area contributed by atoms with E-state index in [4.69, 9.17) is 10.5 Å². The van der Waals surface area contributed by atoms with E-state index in [0.29, 0.717) is 23.6 Å². The number of anilines is 1. The Morgan fingerprint density at radius 3 is 2.80 bits per heavy atom. The van der Waals surface area contributed by atoms with Gasteiger partial charge in [-0.1, -0.05) is 13.3 Å². The second-order valence-corrected chi connectivity index (χ2v) is 4.35. The summed E-state index contributed by atoms with van der Waals surface area (Å²) in [6, 6.07) is 3.67. The van der Waals surface area contributed by atoms with Crippen molar-refractivity contribution in [3.05, 3.63) is 18.3 Å². The monoisotopic (exact) mass is 206 g/mol. The molecule has 1 aromatic heterocycles. The molecule has 2 unspecified atom stereocenters. The highest BCUT2D eigenvalue weighted by molar-refractivity contribution is 5.36. The summed E-state index contributed by atoms with van der Waals surface area (Å²) in [5.74, 6) is 1.33. The average Bonchev–Trinajstić information content (AvgIpc) is 2.25. The Morgan fingerprint density at radius 1 is 1.33 bits per heavy atom. The van der Waals surface area contributed by atoms with E-state index in [9.17, 15) is 0 Å². The second kappa shape index (κ2) is 4.51. The van der Waals surface area contributed by atoms with E-state index in [1.807, 2.05) is 12.1 Å². The Balaban J connectivity index is 1.98. The van der Waals surface area contributed by atoms with E-state index in [0.717, 1.165) is 6.42 Å². The van der Waals surface area contributed by atoms with Crippen molar-refractivity contribution in [1.29, 1.82) is 0 Å². The number of hydrogen-bond donors (Lipinski definition) is 1. The van der Waals surface area contributed by atoms with E-state index in [2.05, 4.69) is 11.9 Å². The molecular weight excluding hydrogens is 188 g/mol. The fourth-order valence-electron chi connectivity index (χ4n) is 2.07. The average molecular weight is 206 g/mol. The number of ether oxygens (including phenoxy) is 1. The Hall–Kier alpha value is -1.25. The molecule has 1 saturated carbocycles. The summed E-state index contributed by atoms with van der Waals surface area (Å²) in [5.41, 5.74) is 6.25. The minimum absolute atomic E-state index is 0.329. The van der Waals surface area contributed by atoms with Gasteiger partial charge in [-0.3, -0.25) is 0 Å². The Labute approximate surface area is 90.7 Å². The van der Waals surface area contributed by atoms with Gasteiger partial charge in [-0.15, -0.1) is 0 Å². The van der Waals surface area contributed by atoms with E-state index < -0.39 is 0 Å². The van der Waals surface area contributed by atoms with Crippen LogP contribution in [0.5, 0.6) is 5.88 Å². The largest absolute Gasteiger partial charge is 0.474 e. The van der Waals surface area contributed by atoms with Gasteiger partial charge in [0.2, 0.25) is 5.88 Å². The molecule has 0 spiro atoms. The first kappa shape index (κ1) is 10.3. The van der Waals surface area contributed by atoms with Gasteiger partial charge >= 0.3 is 0 Å². The molecule has 2 rings (SSSR count). The minimum atomic E-state index is 0.329. The summed E-state index contributed by atoms with van der Waals surface area (Å²) in [6.07, 6.45) is 6.98. The molecule has 1 aliphatic carbocycles. The molecule has 1 aromatic rings. The van der Waals surface area contributed by atoms with Crippen LogP contribution >= 0.6 is 0 Å². The molecule has 0 aromatic carbocycles. The van der Waals surface area contributed by atoms with Gasteiger partial charge < -0.3 is 10.5 Å². The highest BCUT2D eigenvalue weighted by Gasteiger charge is 2.22. The number of pyridine rings is 1. The van der Waals surface area contributed by atoms with Gasteiger partial charge in [0, 0.05) is 6.07 Å². The fraction of sp³-hybridized carbons (Fsp3) is 0.583. The first-order valence-corrected chi connectivity index (χ1v) is 5.64. The molecule has 1 fully saturated rings. The quantitative estimate of drug-likeness (QED) is 0.809. The predicted molar refractivity (Wildman–Crippen MR) is 60.7 cm³/mol. The van der Waals surface area contributed by atoms with E-state index in [1.165, 1.54) is 19.3 Å². The van der Waals surface area contributed by atoms with Crippen molar-refractivity contribution in [3.63, 3.8) is 0 Å². The molecule has 0 radical (unpaired) electrons. The third kappa shape index (κ3) is 2.61. The minimum Gasteiger partial charge on any atom is -0.474 e. The maximum Gasteiger partial charge on any atom is 0.213 e. The summed E-state index contributed by atoms with van der Waals surface area (Å²) in [5, 5.41) is 0. The first-order valence-electron chi connectivity index (χ1n) is 5.64. The molecule has 2 atom stereocenters. The van der Waals surface area contributed by atoms with Crippen molar-refractivity contribution in [2.24, 2.45) is 5.92 Å². The molecule has 2 N–H and O–H groups in total. The fourth-order valence-corrected chi connectivity index (χ4v) is 2.07. The lowest BCUT2D eigenvalue weighted by Gasteiger charge is -2.28. The van der Waals surface area contributed by atoms with E-state index in [1.54, 1.807) is 6.20 Å². The molecule has 15 heavy (non-hydrogen) atoms. The SMILES string of the molecule is CC1CCCCC1Oc1ccc(N)cn1. The van der Waals surface area contributed by atoms with Crippen LogP contribution in [0.3, 0.4) is 0 Å². The Kier molecular flexibility index (Phi) is 3.09. The zero-order valence-electron chi connectivity index (χ0n) is 9.15. The van der Waals surface area contributed by atoms with E-state index in [-0.39, 0.29) is 0 Å². The number of nitrogen functional groups attached to an aromatic ring is 1. The van der Waals surface area contributed by atoms with Crippen molar-refractivity contribution in [3.8, 4) is 5.88 Å². The van der Waals surface area contributed by atoms with Gasteiger partial charge in [-0.05, 0) is 31.2 Å². The topological polar surface area (TPSA) is 48.1 Å². The maximum atomic E-state index is 5.86. The van der Waals surface area contributed by atoms with Crippen LogP contribution in [0.1, 0.15) is 32.6 Å². The third-order valence-electron chi connectivity index (χ3n) is 3.06. The lowest BCUT2D eigenvalue weighted by molar-refractivity contribution is 0.0976. The first-order chi connectivity index (χ1) is 7.25. The van der Waals surface area contributed by atoms with Crippen molar-refractivity contribution in [2.45, 2.75) is 38.7 Å². The zero-order chi connectivity index (χ0) is 10.7. The van der Waals surface area contributed by atoms with Crippen LogP contribution < -0.4 is 10.5 Å². The molecule has 3 nitrogen and oxygen atoms in total. The van der Waals surface area contributed by atoms with Crippen molar-refractivity contribution in [2.75, 3.05) is 5.73 Å². The Bertz CT molecular complexity index is 310. The maximum absolute atomic E-state index is 5.86. The van der Waals surface area contributed by atoms with Gasteiger partial charge in [0.25, 0.3) is 0 Å². The van der Waals surface area contributed by atoms with Crippen molar-refractivity contribution >= 4 is 5.69 Å². The van der Waals surface area contributed by atoms with Crippen LogP contribution in [0.15, 0.2) is 18.3 Å². The highest BCUT2D eigenvalue weighted by atomic mass is 16.5. The summed E-state index contributed by atoms with van der Waals surface area (Å²) in [7, 11) is 0. The Morgan fingerprint density at radius 2 is 2.13 bits per heavy atom. The van der Waals surface area contributed by atoms with E-state index >= 15 is 0 Å². The van der Waals surface area contributed by atoms with Crippen molar-refractivity contribution < 1.29 is 4.74 Å². The van der Waals surface area contributed by atoms with Gasteiger partial charge in [0.15, 0.2) is 0 Å². The molecular formula is C12H18N2O. The molecule has 0 saturated heterocycles. The molecule has 0 bridgehead atoms. The van der Waals surface area contributed by atoms with Gasteiger partial charge in [-0.25, -0.2) is 4.98 Å². The molecule has 1 heterocycles. The summed E-state index contributed by atoms with van der Waals surface area (Å²) < 4.78 is 5.86. The number of rotatable bonds is 2. The van der Waals surface area contributed by atoms with Gasteiger partial charge in [0.1, 0.15) is 6.10 Å². The highest BCUT2D eigenvalue weighted by Crippen LogP contribution is 2.27. The number of nitrogens with zero attached hydrogens (tertiary/aromatic N) is 1. The number of nitrogens with two attached hydrogens (primary N) is 1. The van der Waals surface area contributed by atoms with Gasteiger partial charge in [-0.2, -0.15) is 0 Å². The lowest BCUT2D eigenvalue weighted by Crippen LogP contribution is -2.28. The number of aromatic nitrogens is 1. The predicted octanol–water partition coefficient (Wildman–Crippen LogP) is 2.62. The molecule has 3 heteroatoms. The molecule has 82 valence electrons. The number of hydrogen-bond acceptors (Lipinski definition) is 3. The van der Waals surface area contributed by atoms with Crippen molar-refractivity contribution in [1.82, 2.24) is 4.98 Å². The van der Waals surface area contributed by atoms with Crippen LogP contribution in [0, 0.1) is 5.92 Å². The molecule has 0 amide bonds. The van der Waals surface area contributed by atoms with Crippen LogP contribution in [0.25, 0.3) is 0 Å². The summed E-state index contributed by atoms with van der Waals surface area (Å²) in [6.45, 7) is 2.25. The van der Waals surface area contributed by atoms with Gasteiger partial charge in [0.05, 0.1) is 11.9 Å². The van der Waals surface area contributed by atoms with Crippen LogP contribution in [0.4, 0.5) is 5.69 Å². The third-order valence-corrected chi connectivity index (χ3v) is 3.06. The molecule has 1 aliphatic rings. The normalized spacial score (nSPS) is 26.2. The molecule has 0 aliphatic heterocycles. The van der Waals surface area contributed by atoms with Crippen LogP contribution in [0.2, 0.25) is 0 Å². The second-order valence-electron chi connectivity index (χ2n) is 4.35. The smallest absolute Gasteiger partial charge is 0.213 e. The van der Waals surface area contributed by atoms with Crippen LogP contribution in [-0.2, 0) is 0 Å². The summed E-state index contributed by atoms with van der Waals surface area (Å²) >= 11 is 0. The van der Waals surface area contributed by atoms with Crippen LogP contribution in [-0.4, -0.2) is 11.1 Å².